The van der Waals surface area contributed by atoms with Crippen molar-refractivity contribution in [2.45, 2.75) is 19.0 Å². The number of ether oxygens (including phenoxy) is 1. The highest BCUT2D eigenvalue weighted by atomic mass is 35.5. The third-order valence-corrected chi connectivity index (χ3v) is 4.06. The number of carbonyl (C=O) groups excluding carboxylic acids is 1. The molecule has 1 aliphatic rings. The van der Waals surface area contributed by atoms with Gasteiger partial charge in [0.25, 0.3) is 5.91 Å². The molecule has 0 bridgehead atoms. The molecule has 122 valence electrons. The number of rotatable bonds is 3. The zero-order chi connectivity index (χ0) is 16.3. The molecule has 1 atom stereocenters. The van der Waals surface area contributed by atoms with Crippen molar-refractivity contribution in [3.05, 3.63) is 34.3 Å². The lowest BCUT2D eigenvalue weighted by Crippen LogP contribution is -2.41. The van der Waals surface area contributed by atoms with Crippen molar-refractivity contribution in [2.24, 2.45) is 5.92 Å². The van der Waals surface area contributed by atoms with E-state index in [4.69, 9.17) is 16.3 Å². The van der Waals surface area contributed by atoms with Crippen LogP contribution >= 0.6 is 11.6 Å². The molecule has 1 saturated heterocycles. The summed E-state index contributed by atoms with van der Waals surface area (Å²) in [6.45, 7) is 1.52. The van der Waals surface area contributed by atoms with Crippen LogP contribution in [0.5, 0.6) is 0 Å². The van der Waals surface area contributed by atoms with Gasteiger partial charge in [-0.1, -0.05) is 11.6 Å². The van der Waals surface area contributed by atoms with Gasteiger partial charge in [-0.3, -0.25) is 4.79 Å². The van der Waals surface area contributed by atoms with Crippen molar-refractivity contribution >= 4 is 17.5 Å². The standard InChI is InChI=1S/C15H17ClF3NO2/c1-22-9-10-3-2-6-20(8-10)14(21)12-7-11(15(17,18)19)4-5-13(12)16/h4-5,7,10H,2-3,6,8-9H2,1H3. The maximum Gasteiger partial charge on any atom is 0.416 e. The highest BCUT2D eigenvalue weighted by molar-refractivity contribution is 6.33. The van der Waals surface area contributed by atoms with Crippen LogP contribution in [-0.4, -0.2) is 37.6 Å². The van der Waals surface area contributed by atoms with Crippen LogP contribution in [0.25, 0.3) is 0 Å². The summed E-state index contributed by atoms with van der Waals surface area (Å²) in [7, 11) is 1.59. The van der Waals surface area contributed by atoms with Gasteiger partial charge in [-0.2, -0.15) is 13.2 Å². The second-order valence-electron chi connectivity index (χ2n) is 5.41. The second kappa shape index (κ2) is 6.87. The monoisotopic (exact) mass is 335 g/mol. The summed E-state index contributed by atoms with van der Waals surface area (Å²) in [5, 5.41) is 0.0341. The predicted molar refractivity (Wildman–Crippen MR) is 77.0 cm³/mol. The first-order valence-electron chi connectivity index (χ1n) is 6.98. The van der Waals surface area contributed by atoms with Crippen molar-refractivity contribution in [1.29, 1.82) is 0 Å². The Morgan fingerprint density at radius 3 is 2.82 bits per heavy atom. The summed E-state index contributed by atoms with van der Waals surface area (Å²) in [5.41, 5.74) is -0.972. The van der Waals surface area contributed by atoms with Gasteiger partial charge in [-0.25, -0.2) is 0 Å². The molecule has 3 nitrogen and oxygen atoms in total. The van der Waals surface area contributed by atoms with E-state index in [2.05, 4.69) is 0 Å². The van der Waals surface area contributed by atoms with Crippen LogP contribution in [0.3, 0.4) is 0 Å². The topological polar surface area (TPSA) is 29.5 Å². The van der Waals surface area contributed by atoms with Gasteiger partial charge in [-0.15, -0.1) is 0 Å². The molecular formula is C15H17ClF3NO2. The number of nitrogens with zero attached hydrogens (tertiary/aromatic N) is 1. The Hall–Kier alpha value is -1.27. The van der Waals surface area contributed by atoms with Gasteiger partial charge < -0.3 is 9.64 Å². The zero-order valence-corrected chi connectivity index (χ0v) is 12.9. The van der Waals surface area contributed by atoms with E-state index in [0.717, 1.165) is 31.0 Å². The SMILES string of the molecule is COCC1CCCN(C(=O)c2cc(C(F)(F)F)ccc2Cl)C1. The first-order chi connectivity index (χ1) is 10.3. The summed E-state index contributed by atoms with van der Waals surface area (Å²) >= 11 is 5.92. The highest BCUT2D eigenvalue weighted by Gasteiger charge is 2.33. The van der Waals surface area contributed by atoms with E-state index >= 15 is 0 Å². The Morgan fingerprint density at radius 2 is 2.18 bits per heavy atom. The fourth-order valence-corrected chi connectivity index (χ4v) is 2.86. The molecule has 0 spiro atoms. The van der Waals surface area contributed by atoms with Gasteiger partial charge in [0, 0.05) is 20.2 Å². The van der Waals surface area contributed by atoms with E-state index < -0.39 is 17.6 Å². The Labute approximate surface area is 132 Å². The highest BCUT2D eigenvalue weighted by Crippen LogP contribution is 2.32. The van der Waals surface area contributed by atoms with E-state index in [0.29, 0.717) is 19.7 Å². The number of hydrogen-bond acceptors (Lipinski definition) is 2. The second-order valence-corrected chi connectivity index (χ2v) is 5.81. The van der Waals surface area contributed by atoms with Crippen molar-refractivity contribution in [1.82, 2.24) is 4.90 Å². The molecular weight excluding hydrogens is 319 g/mol. The minimum absolute atomic E-state index is 0.0341. The molecule has 0 radical (unpaired) electrons. The molecule has 0 N–H and O–H groups in total. The number of carbonyl (C=O) groups is 1. The quantitative estimate of drug-likeness (QED) is 0.839. The molecule has 7 heteroatoms. The lowest BCUT2D eigenvalue weighted by atomic mass is 9.98. The van der Waals surface area contributed by atoms with E-state index in [-0.39, 0.29) is 16.5 Å². The third kappa shape index (κ3) is 3.93. The summed E-state index contributed by atoms with van der Waals surface area (Å²) in [5.74, 6) is -0.260. The number of hydrogen-bond donors (Lipinski definition) is 0. The number of piperidine rings is 1. The molecule has 1 aromatic rings. The minimum atomic E-state index is -4.50. The molecule has 1 heterocycles. The fourth-order valence-electron chi connectivity index (χ4n) is 2.66. The average molecular weight is 336 g/mol. The third-order valence-electron chi connectivity index (χ3n) is 3.73. The maximum absolute atomic E-state index is 12.8. The number of benzene rings is 1. The van der Waals surface area contributed by atoms with Crippen molar-refractivity contribution in [3.63, 3.8) is 0 Å². The van der Waals surface area contributed by atoms with Crippen LogP contribution in [0.4, 0.5) is 13.2 Å². The lowest BCUT2D eigenvalue weighted by Gasteiger charge is -2.32. The van der Waals surface area contributed by atoms with Gasteiger partial charge in [0.2, 0.25) is 0 Å². The first kappa shape index (κ1) is 17.1. The molecule has 1 aliphatic heterocycles. The fraction of sp³-hybridized carbons (Fsp3) is 0.533. The number of methoxy groups -OCH3 is 1. The maximum atomic E-state index is 12.8. The number of likely N-dealkylation sites (tertiary alicyclic amines) is 1. The zero-order valence-electron chi connectivity index (χ0n) is 12.1. The van der Waals surface area contributed by atoms with E-state index in [1.54, 1.807) is 12.0 Å². The Bertz CT molecular complexity index is 546. The largest absolute Gasteiger partial charge is 0.416 e. The summed E-state index contributed by atoms with van der Waals surface area (Å²) in [6, 6.07) is 2.82. The van der Waals surface area contributed by atoms with Gasteiger partial charge in [-0.05, 0) is 37.0 Å². The first-order valence-corrected chi connectivity index (χ1v) is 7.35. The average Bonchev–Trinajstić information content (AvgIpc) is 2.46. The van der Waals surface area contributed by atoms with Gasteiger partial charge in [0.05, 0.1) is 22.8 Å². The molecule has 1 aromatic carbocycles. The van der Waals surface area contributed by atoms with Crippen LogP contribution in [-0.2, 0) is 10.9 Å². The lowest BCUT2D eigenvalue weighted by molar-refractivity contribution is -0.137. The van der Waals surface area contributed by atoms with Crippen LogP contribution in [0, 0.1) is 5.92 Å². The molecule has 2 rings (SSSR count). The molecule has 0 saturated carbocycles. The van der Waals surface area contributed by atoms with Crippen LogP contribution in [0.2, 0.25) is 5.02 Å². The number of alkyl halides is 3. The molecule has 1 unspecified atom stereocenters. The molecule has 22 heavy (non-hydrogen) atoms. The number of halogens is 4. The molecule has 1 fully saturated rings. The van der Waals surface area contributed by atoms with Crippen LogP contribution in [0.1, 0.15) is 28.8 Å². The van der Waals surface area contributed by atoms with Gasteiger partial charge in [0.15, 0.2) is 0 Å². The molecule has 0 aromatic heterocycles. The van der Waals surface area contributed by atoms with Crippen LogP contribution in [0.15, 0.2) is 18.2 Å². The summed E-state index contributed by atoms with van der Waals surface area (Å²) < 4.78 is 43.4. The van der Waals surface area contributed by atoms with E-state index in [9.17, 15) is 18.0 Å². The van der Waals surface area contributed by atoms with E-state index in [1.165, 1.54) is 0 Å². The smallest absolute Gasteiger partial charge is 0.384 e. The normalized spacial score (nSPS) is 19.3. The predicted octanol–water partition coefficient (Wildman–Crippen LogP) is 3.86. The van der Waals surface area contributed by atoms with Crippen molar-refractivity contribution in [2.75, 3.05) is 26.8 Å². The van der Waals surface area contributed by atoms with Crippen molar-refractivity contribution in [3.8, 4) is 0 Å². The molecule has 1 amide bonds. The Morgan fingerprint density at radius 1 is 1.45 bits per heavy atom. The van der Waals surface area contributed by atoms with Crippen molar-refractivity contribution < 1.29 is 22.7 Å². The Kier molecular flexibility index (Phi) is 5.34. The van der Waals surface area contributed by atoms with E-state index in [1.807, 2.05) is 0 Å². The summed E-state index contributed by atoms with van der Waals surface area (Å²) in [6.07, 6.45) is -2.76. The number of amides is 1. The van der Waals surface area contributed by atoms with Gasteiger partial charge >= 0.3 is 6.18 Å². The molecule has 0 aliphatic carbocycles. The minimum Gasteiger partial charge on any atom is -0.384 e. The summed E-state index contributed by atoms with van der Waals surface area (Å²) in [4.78, 5) is 14.0. The van der Waals surface area contributed by atoms with Gasteiger partial charge in [0.1, 0.15) is 0 Å². The Balaban J connectivity index is 2.21. The van der Waals surface area contributed by atoms with Crippen LogP contribution < -0.4 is 0 Å².